The second-order valence-corrected chi connectivity index (χ2v) is 7.18. The summed E-state index contributed by atoms with van der Waals surface area (Å²) >= 11 is 0. The molecule has 2 rings (SSSR count). The van der Waals surface area contributed by atoms with Crippen LogP contribution in [0.2, 0.25) is 0 Å². The normalized spacial score (nSPS) is 17.6. The topological polar surface area (TPSA) is 112 Å². The fourth-order valence-corrected chi connectivity index (χ4v) is 4.16. The lowest BCUT2D eigenvalue weighted by Gasteiger charge is -2.22. The van der Waals surface area contributed by atoms with Crippen molar-refractivity contribution >= 4 is 16.0 Å². The van der Waals surface area contributed by atoms with Crippen LogP contribution >= 0.6 is 0 Å². The number of aryl methyl sites for hydroxylation is 1. The van der Waals surface area contributed by atoms with Crippen LogP contribution in [-0.4, -0.2) is 34.1 Å². The smallest absolute Gasteiger partial charge is 0.341 e. The summed E-state index contributed by atoms with van der Waals surface area (Å²) in [6, 6.07) is 0.866. The molecular formula is C14H22N2O5S. The third kappa shape index (κ3) is 3.50. The zero-order chi connectivity index (χ0) is 16.3. The van der Waals surface area contributed by atoms with E-state index in [0.717, 1.165) is 25.7 Å². The molecule has 1 saturated carbocycles. The summed E-state index contributed by atoms with van der Waals surface area (Å²) in [6.07, 6.45) is 4.12. The Kier molecular flexibility index (Phi) is 5.25. The highest BCUT2D eigenvalue weighted by atomic mass is 32.2. The van der Waals surface area contributed by atoms with Crippen molar-refractivity contribution in [3.8, 4) is 0 Å². The van der Waals surface area contributed by atoms with Crippen LogP contribution in [-0.2, 0) is 14.8 Å². The van der Waals surface area contributed by atoms with E-state index >= 15 is 0 Å². The summed E-state index contributed by atoms with van der Waals surface area (Å²) in [6.45, 7) is 1.75. The number of rotatable bonds is 6. The molecule has 3 N–H and O–H groups in total. The highest BCUT2D eigenvalue weighted by Gasteiger charge is 2.31. The summed E-state index contributed by atoms with van der Waals surface area (Å²) in [5.41, 5.74) is 5.82. The Morgan fingerprint density at radius 1 is 1.50 bits per heavy atom. The first-order valence-corrected chi connectivity index (χ1v) is 8.78. The molecule has 1 aliphatic rings. The van der Waals surface area contributed by atoms with Crippen molar-refractivity contribution in [1.82, 2.24) is 4.72 Å². The number of carbonyl (C=O) groups excluding carboxylic acids is 1. The molecule has 0 aromatic carbocycles. The minimum absolute atomic E-state index is 0.105. The van der Waals surface area contributed by atoms with Crippen molar-refractivity contribution in [3.63, 3.8) is 0 Å². The Hall–Kier alpha value is -1.38. The van der Waals surface area contributed by atoms with Gasteiger partial charge in [0.05, 0.1) is 7.11 Å². The van der Waals surface area contributed by atoms with Crippen LogP contribution < -0.4 is 10.5 Å². The Balaban J connectivity index is 2.20. The Morgan fingerprint density at radius 2 is 2.14 bits per heavy atom. The molecule has 1 aliphatic carbocycles. The number of ether oxygens (including phenoxy) is 1. The molecule has 124 valence electrons. The lowest BCUT2D eigenvalue weighted by atomic mass is 9.99. The number of carbonyl (C=O) groups is 1. The first kappa shape index (κ1) is 17.0. The summed E-state index contributed by atoms with van der Waals surface area (Å²) in [5.74, 6) is -0.179. The average Bonchev–Trinajstić information content (AvgIpc) is 3.13. The zero-order valence-electron chi connectivity index (χ0n) is 12.8. The monoisotopic (exact) mass is 330 g/mol. The fraction of sp³-hybridized carbons (Fsp3) is 0.643. The number of methoxy groups -OCH3 is 1. The van der Waals surface area contributed by atoms with E-state index in [1.54, 1.807) is 0 Å². The minimum Gasteiger partial charge on any atom is -0.465 e. The van der Waals surface area contributed by atoms with Crippen molar-refractivity contribution in [2.75, 3.05) is 13.7 Å². The van der Waals surface area contributed by atoms with Crippen molar-refractivity contribution in [2.24, 2.45) is 11.7 Å². The molecule has 1 fully saturated rings. The van der Waals surface area contributed by atoms with E-state index in [2.05, 4.69) is 9.46 Å². The van der Waals surface area contributed by atoms with E-state index in [-0.39, 0.29) is 34.9 Å². The molecule has 0 amide bonds. The van der Waals surface area contributed by atoms with E-state index in [0.29, 0.717) is 0 Å². The standard InChI is InChI=1S/C14H22N2O5S/c1-9-11(14(17)20-2)7-13(21-9)22(18,19)16-12(8-15)10-5-3-4-6-10/h7,10,12,16H,3-6,8,15H2,1-2H3. The Morgan fingerprint density at radius 3 is 2.68 bits per heavy atom. The van der Waals surface area contributed by atoms with Crippen LogP contribution in [0.5, 0.6) is 0 Å². The van der Waals surface area contributed by atoms with Gasteiger partial charge in [0.2, 0.25) is 5.09 Å². The van der Waals surface area contributed by atoms with Gasteiger partial charge in [0, 0.05) is 18.7 Å². The van der Waals surface area contributed by atoms with Crippen LogP contribution in [0.1, 0.15) is 41.8 Å². The average molecular weight is 330 g/mol. The maximum absolute atomic E-state index is 12.4. The van der Waals surface area contributed by atoms with E-state index in [4.69, 9.17) is 10.2 Å². The highest BCUT2D eigenvalue weighted by Crippen LogP contribution is 2.28. The van der Waals surface area contributed by atoms with Gasteiger partial charge < -0.3 is 14.9 Å². The van der Waals surface area contributed by atoms with Crippen LogP contribution in [0.25, 0.3) is 0 Å². The lowest BCUT2D eigenvalue weighted by Crippen LogP contribution is -2.44. The molecule has 22 heavy (non-hydrogen) atoms. The summed E-state index contributed by atoms with van der Waals surface area (Å²) in [7, 11) is -2.63. The Labute approximate surface area is 130 Å². The van der Waals surface area contributed by atoms with Gasteiger partial charge in [0.15, 0.2) is 0 Å². The SMILES string of the molecule is COC(=O)c1cc(S(=O)(=O)NC(CN)C2CCCC2)oc1C. The van der Waals surface area contributed by atoms with Crippen molar-refractivity contribution < 1.29 is 22.4 Å². The second kappa shape index (κ2) is 6.80. The molecule has 0 radical (unpaired) electrons. The van der Waals surface area contributed by atoms with Gasteiger partial charge >= 0.3 is 5.97 Å². The summed E-state index contributed by atoms with van der Waals surface area (Å²) in [4.78, 5) is 11.5. The maximum Gasteiger partial charge on any atom is 0.341 e. The largest absolute Gasteiger partial charge is 0.465 e. The van der Waals surface area contributed by atoms with Gasteiger partial charge in [-0.15, -0.1) is 0 Å². The zero-order valence-corrected chi connectivity index (χ0v) is 13.6. The number of furan rings is 1. The van der Waals surface area contributed by atoms with Gasteiger partial charge in [-0.2, -0.15) is 0 Å². The van der Waals surface area contributed by atoms with E-state index in [1.165, 1.54) is 20.1 Å². The van der Waals surface area contributed by atoms with Crippen LogP contribution in [0.15, 0.2) is 15.6 Å². The molecule has 8 heteroatoms. The molecule has 1 aromatic rings. The minimum atomic E-state index is -3.86. The van der Waals surface area contributed by atoms with E-state index in [9.17, 15) is 13.2 Å². The van der Waals surface area contributed by atoms with Gasteiger partial charge in [-0.05, 0) is 25.7 Å². The highest BCUT2D eigenvalue weighted by molar-refractivity contribution is 7.89. The number of esters is 1. The lowest BCUT2D eigenvalue weighted by molar-refractivity contribution is 0.0599. The number of hydrogen-bond acceptors (Lipinski definition) is 6. The van der Waals surface area contributed by atoms with Crippen LogP contribution in [0.3, 0.4) is 0 Å². The molecule has 7 nitrogen and oxygen atoms in total. The first-order chi connectivity index (χ1) is 10.4. The summed E-state index contributed by atoms with van der Waals surface area (Å²) in [5, 5.41) is -0.290. The maximum atomic E-state index is 12.4. The number of nitrogens with two attached hydrogens (primary N) is 1. The van der Waals surface area contributed by atoms with E-state index in [1.807, 2.05) is 0 Å². The third-order valence-electron chi connectivity index (χ3n) is 4.09. The number of hydrogen-bond donors (Lipinski definition) is 2. The molecule has 0 aliphatic heterocycles. The van der Waals surface area contributed by atoms with Crippen molar-refractivity contribution in [2.45, 2.75) is 43.7 Å². The van der Waals surface area contributed by atoms with Gasteiger partial charge in [-0.25, -0.2) is 17.9 Å². The van der Waals surface area contributed by atoms with E-state index < -0.39 is 16.0 Å². The van der Waals surface area contributed by atoms with Gasteiger partial charge in [-0.1, -0.05) is 12.8 Å². The summed E-state index contributed by atoms with van der Waals surface area (Å²) < 4.78 is 37.3. The fourth-order valence-electron chi connectivity index (χ4n) is 2.85. The quantitative estimate of drug-likeness (QED) is 0.757. The molecule has 1 heterocycles. The number of nitrogens with one attached hydrogen (secondary N) is 1. The number of sulfonamides is 1. The molecule has 0 spiro atoms. The van der Waals surface area contributed by atoms with Crippen LogP contribution in [0.4, 0.5) is 0 Å². The molecule has 0 saturated heterocycles. The van der Waals surface area contributed by atoms with Crippen LogP contribution in [0, 0.1) is 12.8 Å². The van der Waals surface area contributed by atoms with Gasteiger partial charge in [0.1, 0.15) is 11.3 Å². The van der Waals surface area contributed by atoms with Gasteiger partial charge in [-0.3, -0.25) is 0 Å². The Bertz CT molecular complexity index is 632. The molecule has 1 atom stereocenters. The molecule has 1 unspecified atom stereocenters. The predicted molar refractivity (Wildman–Crippen MR) is 79.9 cm³/mol. The molecule has 0 bridgehead atoms. The van der Waals surface area contributed by atoms with Gasteiger partial charge in [0.25, 0.3) is 10.0 Å². The molecule has 1 aromatic heterocycles. The molecular weight excluding hydrogens is 308 g/mol. The van der Waals surface area contributed by atoms with Crippen molar-refractivity contribution in [3.05, 3.63) is 17.4 Å². The first-order valence-electron chi connectivity index (χ1n) is 7.30. The second-order valence-electron chi connectivity index (χ2n) is 5.53. The van der Waals surface area contributed by atoms with Crippen molar-refractivity contribution in [1.29, 1.82) is 0 Å². The predicted octanol–water partition coefficient (Wildman–Crippen LogP) is 1.17. The third-order valence-corrected chi connectivity index (χ3v) is 5.44.